The number of rotatable bonds is 6. The minimum absolute atomic E-state index is 0.0844. The van der Waals surface area contributed by atoms with Gasteiger partial charge < -0.3 is 5.11 Å². The predicted octanol–water partition coefficient (Wildman–Crippen LogP) is 3.78. The average Bonchev–Trinajstić information content (AvgIpc) is 2.27. The van der Waals surface area contributed by atoms with Crippen LogP contribution in [-0.2, 0) is 0 Å². The fraction of sp³-hybridized carbons (Fsp3) is 0.455. The lowest BCUT2D eigenvalue weighted by Gasteiger charge is -2.25. The van der Waals surface area contributed by atoms with Crippen molar-refractivity contribution in [3.05, 3.63) is 30.3 Å². The summed E-state index contributed by atoms with van der Waals surface area (Å²) < 4.78 is 53.1. The van der Waals surface area contributed by atoms with Gasteiger partial charge in [0, 0.05) is 17.9 Å². The highest BCUT2D eigenvalue weighted by molar-refractivity contribution is 8.00. The maximum atomic E-state index is 13.3. The largest absolute Gasteiger partial charge is 0.396 e. The molecule has 0 spiro atoms. The first-order valence-electron chi connectivity index (χ1n) is 4.99. The van der Waals surface area contributed by atoms with Gasteiger partial charge in [-0.15, -0.1) is 0 Å². The number of aliphatic hydroxyl groups is 1. The van der Waals surface area contributed by atoms with Crippen molar-refractivity contribution in [3.8, 4) is 0 Å². The summed E-state index contributed by atoms with van der Waals surface area (Å²) in [7, 11) is 0. The Balaban J connectivity index is 2.73. The maximum absolute atomic E-state index is 13.3. The molecule has 0 atom stereocenters. The van der Waals surface area contributed by atoms with Gasteiger partial charge in [-0.25, -0.2) is 0 Å². The zero-order valence-corrected chi connectivity index (χ0v) is 9.69. The Kier molecular flexibility index (Phi) is 4.82. The van der Waals surface area contributed by atoms with Crippen LogP contribution in [0, 0.1) is 0 Å². The van der Waals surface area contributed by atoms with E-state index in [2.05, 4.69) is 0 Å². The molecule has 0 saturated carbocycles. The lowest BCUT2D eigenvalue weighted by Crippen LogP contribution is -2.37. The molecule has 0 aliphatic rings. The van der Waals surface area contributed by atoms with Gasteiger partial charge in [-0.2, -0.15) is 17.6 Å². The van der Waals surface area contributed by atoms with Crippen LogP contribution in [-0.4, -0.2) is 22.9 Å². The van der Waals surface area contributed by atoms with Crippen molar-refractivity contribution < 1.29 is 22.7 Å². The topological polar surface area (TPSA) is 20.2 Å². The Morgan fingerprint density at radius 3 is 2.18 bits per heavy atom. The molecular weight excluding hydrogens is 256 g/mol. The van der Waals surface area contributed by atoms with E-state index in [1.807, 2.05) is 0 Å². The second kappa shape index (κ2) is 5.73. The molecule has 17 heavy (non-hydrogen) atoms. The number of hydrogen-bond donors (Lipinski definition) is 1. The minimum Gasteiger partial charge on any atom is -0.396 e. The Morgan fingerprint density at radius 1 is 1.06 bits per heavy atom. The average molecular weight is 268 g/mol. The summed E-state index contributed by atoms with van der Waals surface area (Å²) in [6.07, 6.45) is -1.38. The van der Waals surface area contributed by atoms with Gasteiger partial charge in [-0.05, 0) is 30.3 Å². The summed E-state index contributed by atoms with van der Waals surface area (Å²) in [5.41, 5.74) is 0. The Hall–Kier alpha value is -0.750. The fourth-order valence-electron chi connectivity index (χ4n) is 1.16. The van der Waals surface area contributed by atoms with Crippen LogP contribution in [0.15, 0.2) is 35.2 Å². The Bertz CT molecular complexity index is 343. The van der Waals surface area contributed by atoms with Crippen LogP contribution in [0.1, 0.15) is 12.8 Å². The molecule has 0 heterocycles. The number of benzene rings is 1. The van der Waals surface area contributed by atoms with E-state index < -0.39 is 24.2 Å². The van der Waals surface area contributed by atoms with Crippen LogP contribution in [0.2, 0.25) is 0 Å². The molecule has 0 aliphatic heterocycles. The standard InChI is InChI=1S/C11H12F4OS/c12-10(13,7-4-8-16)11(14,15)17-9-5-2-1-3-6-9/h1-3,5-6,16H,4,7-8H2. The summed E-state index contributed by atoms with van der Waals surface area (Å²) in [5, 5.41) is 4.22. The van der Waals surface area contributed by atoms with Gasteiger partial charge in [0.05, 0.1) is 0 Å². The first-order chi connectivity index (χ1) is 7.89. The summed E-state index contributed by atoms with van der Waals surface area (Å²) in [5.74, 6) is -4.13. The van der Waals surface area contributed by atoms with Crippen molar-refractivity contribution in [1.82, 2.24) is 0 Å². The van der Waals surface area contributed by atoms with Crippen molar-refractivity contribution >= 4 is 11.8 Å². The third-order valence-corrected chi connectivity index (χ3v) is 3.13. The molecule has 1 nitrogen and oxygen atoms in total. The summed E-state index contributed by atoms with van der Waals surface area (Å²) in [4.78, 5) is 0.0844. The molecule has 1 aromatic rings. The highest BCUT2D eigenvalue weighted by atomic mass is 32.2. The molecule has 0 aliphatic carbocycles. The summed E-state index contributed by atoms with van der Waals surface area (Å²) in [6.45, 7) is -0.526. The maximum Gasteiger partial charge on any atom is 0.360 e. The van der Waals surface area contributed by atoms with E-state index >= 15 is 0 Å². The fourth-order valence-corrected chi connectivity index (χ4v) is 2.00. The molecule has 0 unspecified atom stereocenters. The van der Waals surface area contributed by atoms with Crippen LogP contribution in [0.3, 0.4) is 0 Å². The van der Waals surface area contributed by atoms with Gasteiger partial charge in [-0.1, -0.05) is 18.2 Å². The molecule has 1 aromatic carbocycles. The first kappa shape index (κ1) is 14.3. The molecule has 0 bridgehead atoms. The van der Waals surface area contributed by atoms with E-state index in [-0.39, 0.29) is 23.1 Å². The van der Waals surface area contributed by atoms with Gasteiger partial charge in [0.15, 0.2) is 0 Å². The van der Waals surface area contributed by atoms with Gasteiger partial charge in [0.2, 0.25) is 0 Å². The summed E-state index contributed by atoms with van der Waals surface area (Å²) >= 11 is -0.162. The number of thioether (sulfide) groups is 1. The molecule has 0 saturated heterocycles. The van der Waals surface area contributed by atoms with E-state index in [9.17, 15) is 17.6 Å². The van der Waals surface area contributed by atoms with Gasteiger partial charge in [0.25, 0.3) is 0 Å². The molecule has 1 N–H and O–H groups in total. The number of hydrogen-bond acceptors (Lipinski definition) is 2. The second-order valence-electron chi connectivity index (χ2n) is 3.46. The minimum atomic E-state index is -4.18. The van der Waals surface area contributed by atoms with E-state index in [0.717, 1.165) is 0 Å². The molecule has 0 radical (unpaired) electrons. The molecule has 0 aromatic heterocycles. The van der Waals surface area contributed by atoms with Crippen LogP contribution in [0.5, 0.6) is 0 Å². The third-order valence-electron chi connectivity index (χ3n) is 2.06. The molecular formula is C11H12F4OS. The predicted molar refractivity (Wildman–Crippen MR) is 58.5 cm³/mol. The van der Waals surface area contributed by atoms with Crippen LogP contribution < -0.4 is 0 Å². The van der Waals surface area contributed by atoms with E-state index in [0.29, 0.717) is 0 Å². The first-order valence-corrected chi connectivity index (χ1v) is 5.81. The van der Waals surface area contributed by atoms with Crippen molar-refractivity contribution in [2.24, 2.45) is 0 Å². The highest BCUT2D eigenvalue weighted by Crippen LogP contribution is 2.48. The quantitative estimate of drug-likeness (QED) is 0.626. The van der Waals surface area contributed by atoms with Crippen LogP contribution in [0.25, 0.3) is 0 Å². The lowest BCUT2D eigenvalue weighted by molar-refractivity contribution is -0.157. The zero-order valence-electron chi connectivity index (χ0n) is 8.88. The normalized spacial score (nSPS) is 12.8. The molecule has 6 heteroatoms. The van der Waals surface area contributed by atoms with Gasteiger partial charge >= 0.3 is 11.2 Å². The van der Waals surface area contributed by atoms with Gasteiger partial charge in [-0.3, -0.25) is 0 Å². The van der Waals surface area contributed by atoms with E-state index in [4.69, 9.17) is 5.11 Å². The lowest BCUT2D eigenvalue weighted by atomic mass is 10.2. The van der Waals surface area contributed by atoms with Gasteiger partial charge in [0.1, 0.15) is 0 Å². The zero-order chi connectivity index (χ0) is 12.9. The molecule has 0 fully saturated rings. The van der Waals surface area contributed by atoms with Crippen molar-refractivity contribution in [1.29, 1.82) is 0 Å². The van der Waals surface area contributed by atoms with Crippen LogP contribution in [0.4, 0.5) is 17.6 Å². The third kappa shape index (κ3) is 3.89. The smallest absolute Gasteiger partial charge is 0.360 e. The monoisotopic (exact) mass is 268 g/mol. The number of halogens is 4. The van der Waals surface area contributed by atoms with Crippen LogP contribution >= 0.6 is 11.8 Å². The van der Waals surface area contributed by atoms with Crippen molar-refractivity contribution in [2.45, 2.75) is 28.9 Å². The SMILES string of the molecule is OCCCC(F)(F)C(F)(F)Sc1ccccc1. The molecule has 96 valence electrons. The van der Waals surface area contributed by atoms with E-state index in [1.54, 1.807) is 6.07 Å². The highest BCUT2D eigenvalue weighted by Gasteiger charge is 2.56. The van der Waals surface area contributed by atoms with E-state index in [1.165, 1.54) is 24.3 Å². The summed E-state index contributed by atoms with van der Waals surface area (Å²) in [6, 6.07) is 7.32. The number of aliphatic hydroxyl groups excluding tert-OH is 1. The Labute approximate surface area is 101 Å². The second-order valence-corrected chi connectivity index (χ2v) is 4.65. The van der Waals surface area contributed by atoms with Crippen molar-refractivity contribution in [2.75, 3.05) is 6.61 Å². The Morgan fingerprint density at radius 2 is 1.65 bits per heavy atom. The number of alkyl halides is 4. The molecule has 1 rings (SSSR count). The van der Waals surface area contributed by atoms with Crippen molar-refractivity contribution in [3.63, 3.8) is 0 Å². The molecule has 0 amide bonds.